The summed E-state index contributed by atoms with van der Waals surface area (Å²) in [6.07, 6.45) is 0.414. The van der Waals surface area contributed by atoms with E-state index in [9.17, 15) is 4.79 Å². The molecule has 6 heteroatoms. The van der Waals surface area contributed by atoms with Crippen molar-refractivity contribution in [2.24, 2.45) is 0 Å². The van der Waals surface area contributed by atoms with E-state index in [0.717, 1.165) is 27.5 Å². The number of nitrogens with one attached hydrogen (secondary N) is 2. The van der Waals surface area contributed by atoms with Gasteiger partial charge in [0.05, 0.1) is 23.7 Å². The number of hydrogen-bond acceptors (Lipinski definition) is 4. The van der Waals surface area contributed by atoms with Crippen LogP contribution in [-0.4, -0.2) is 48.8 Å². The van der Waals surface area contributed by atoms with Gasteiger partial charge in [-0.05, 0) is 43.1 Å². The SMILES string of the molecule is COc1c(NC(=O)CCN(C)C)ccc2[nH]nc(-c3ccc4ccccc4c3)c12. The van der Waals surface area contributed by atoms with Crippen molar-refractivity contribution >= 4 is 33.3 Å². The van der Waals surface area contributed by atoms with Gasteiger partial charge in [-0.25, -0.2) is 0 Å². The average molecular weight is 388 g/mol. The molecule has 148 valence electrons. The summed E-state index contributed by atoms with van der Waals surface area (Å²) in [5, 5.41) is 13.8. The first-order chi connectivity index (χ1) is 14.1. The van der Waals surface area contributed by atoms with E-state index in [4.69, 9.17) is 4.74 Å². The first-order valence-corrected chi connectivity index (χ1v) is 9.55. The van der Waals surface area contributed by atoms with Crippen molar-refractivity contribution in [3.63, 3.8) is 0 Å². The number of H-pyrrole nitrogens is 1. The molecule has 6 nitrogen and oxygen atoms in total. The summed E-state index contributed by atoms with van der Waals surface area (Å²) in [5.74, 6) is 0.560. The summed E-state index contributed by atoms with van der Waals surface area (Å²) in [7, 11) is 5.50. The molecule has 0 fully saturated rings. The molecule has 3 aromatic carbocycles. The van der Waals surface area contributed by atoms with E-state index < -0.39 is 0 Å². The van der Waals surface area contributed by atoms with E-state index >= 15 is 0 Å². The molecule has 0 bridgehead atoms. The number of methoxy groups -OCH3 is 1. The second kappa shape index (κ2) is 7.93. The highest BCUT2D eigenvalue weighted by atomic mass is 16.5. The average Bonchev–Trinajstić information content (AvgIpc) is 3.16. The molecule has 0 saturated heterocycles. The van der Waals surface area contributed by atoms with Gasteiger partial charge >= 0.3 is 0 Å². The normalized spacial score (nSPS) is 11.3. The largest absolute Gasteiger partial charge is 0.494 e. The molecule has 0 aliphatic carbocycles. The Bertz CT molecular complexity index is 1180. The quantitative estimate of drug-likeness (QED) is 0.517. The Morgan fingerprint density at radius 2 is 1.90 bits per heavy atom. The number of aromatic nitrogens is 2. The molecule has 0 aliphatic rings. The molecule has 0 aliphatic heterocycles. The van der Waals surface area contributed by atoms with Crippen LogP contribution in [0.4, 0.5) is 5.69 Å². The summed E-state index contributed by atoms with van der Waals surface area (Å²) < 4.78 is 5.71. The number of rotatable bonds is 6. The highest BCUT2D eigenvalue weighted by Gasteiger charge is 2.18. The van der Waals surface area contributed by atoms with Crippen LogP contribution >= 0.6 is 0 Å². The van der Waals surface area contributed by atoms with Gasteiger partial charge in [-0.1, -0.05) is 36.4 Å². The molecule has 0 atom stereocenters. The van der Waals surface area contributed by atoms with Crippen molar-refractivity contribution in [2.75, 3.05) is 33.1 Å². The number of fused-ring (bicyclic) bond motifs is 2. The minimum atomic E-state index is -0.0490. The molecule has 0 unspecified atom stereocenters. The molecule has 0 spiro atoms. The minimum Gasteiger partial charge on any atom is -0.494 e. The Kier molecular flexibility index (Phi) is 5.18. The Morgan fingerprint density at radius 3 is 2.66 bits per heavy atom. The van der Waals surface area contributed by atoms with Gasteiger partial charge in [0, 0.05) is 18.5 Å². The van der Waals surface area contributed by atoms with Crippen LogP contribution < -0.4 is 10.1 Å². The molecule has 2 N–H and O–H groups in total. The van der Waals surface area contributed by atoms with Gasteiger partial charge in [-0.2, -0.15) is 5.10 Å². The van der Waals surface area contributed by atoms with Crippen molar-refractivity contribution < 1.29 is 9.53 Å². The topological polar surface area (TPSA) is 70.2 Å². The fourth-order valence-corrected chi connectivity index (χ4v) is 3.48. The lowest BCUT2D eigenvalue weighted by atomic mass is 10.0. The first kappa shape index (κ1) is 19.0. The third-order valence-electron chi connectivity index (χ3n) is 4.97. The summed E-state index contributed by atoms with van der Waals surface area (Å²) in [4.78, 5) is 14.3. The molecule has 29 heavy (non-hydrogen) atoms. The molecule has 0 saturated carbocycles. The number of amides is 1. The van der Waals surface area contributed by atoms with E-state index in [2.05, 4.69) is 45.8 Å². The van der Waals surface area contributed by atoms with Gasteiger partial charge in [0.2, 0.25) is 5.91 Å². The van der Waals surface area contributed by atoms with Crippen LogP contribution in [0.5, 0.6) is 5.75 Å². The van der Waals surface area contributed by atoms with Crippen LogP contribution in [0.15, 0.2) is 54.6 Å². The zero-order valence-corrected chi connectivity index (χ0v) is 16.8. The molecule has 4 aromatic rings. The molecule has 1 amide bonds. The first-order valence-electron chi connectivity index (χ1n) is 9.55. The van der Waals surface area contributed by atoms with Crippen molar-refractivity contribution in [2.45, 2.75) is 6.42 Å². The number of benzene rings is 3. The fraction of sp³-hybridized carbons (Fsp3) is 0.217. The fourth-order valence-electron chi connectivity index (χ4n) is 3.48. The van der Waals surface area contributed by atoms with E-state index in [1.807, 2.05) is 43.3 Å². The van der Waals surface area contributed by atoms with Gasteiger partial charge in [-0.15, -0.1) is 0 Å². The summed E-state index contributed by atoms with van der Waals surface area (Å²) in [5.41, 5.74) is 3.29. The van der Waals surface area contributed by atoms with Gasteiger partial charge in [0.1, 0.15) is 5.69 Å². The van der Waals surface area contributed by atoms with E-state index in [-0.39, 0.29) is 5.91 Å². The zero-order valence-electron chi connectivity index (χ0n) is 16.8. The molecule has 1 heterocycles. The standard InChI is InChI=1S/C23H24N4O2/c1-27(2)13-12-20(28)24-19-11-10-18-21(23(19)29-3)22(26-25-18)17-9-8-15-6-4-5-7-16(15)14-17/h4-11,14H,12-13H2,1-3H3,(H,24,28)(H,25,26). The van der Waals surface area contributed by atoms with Crippen LogP contribution in [0.25, 0.3) is 32.9 Å². The molecule has 1 aromatic heterocycles. The maximum atomic E-state index is 12.3. The molecule has 4 rings (SSSR count). The lowest BCUT2D eigenvalue weighted by molar-refractivity contribution is -0.116. The Balaban J connectivity index is 1.76. The van der Waals surface area contributed by atoms with Crippen molar-refractivity contribution in [1.29, 1.82) is 0 Å². The van der Waals surface area contributed by atoms with E-state index in [1.165, 1.54) is 5.39 Å². The maximum Gasteiger partial charge on any atom is 0.225 e. The number of carbonyl (C=O) groups is 1. The van der Waals surface area contributed by atoms with Crippen LogP contribution in [0.1, 0.15) is 6.42 Å². The van der Waals surface area contributed by atoms with Gasteiger partial charge in [0.25, 0.3) is 0 Å². The molecule has 0 radical (unpaired) electrons. The minimum absolute atomic E-state index is 0.0490. The number of hydrogen-bond donors (Lipinski definition) is 2. The highest BCUT2D eigenvalue weighted by Crippen LogP contribution is 2.39. The second-order valence-electron chi connectivity index (χ2n) is 7.30. The van der Waals surface area contributed by atoms with Gasteiger partial charge in [-0.3, -0.25) is 9.89 Å². The Labute approximate surface area is 169 Å². The summed E-state index contributed by atoms with van der Waals surface area (Å²) in [6, 6.07) is 18.2. The lowest BCUT2D eigenvalue weighted by Gasteiger charge is -2.13. The summed E-state index contributed by atoms with van der Waals surface area (Å²) >= 11 is 0. The van der Waals surface area contributed by atoms with E-state index in [1.54, 1.807) is 7.11 Å². The van der Waals surface area contributed by atoms with Crippen molar-refractivity contribution in [3.05, 3.63) is 54.6 Å². The molecular formula is C23H24N4O2. The van der Waals surface area contributed by atoms with Gasteiger partial charge < -0.3 is 15.0 Å². The van der Waals surface area contributed by atoms with Crippen LogP contribution in [0.2, 0.25) is 0 Å². The predicted molar refractivity (Wildman–Crippen MR) is 117 cm³/mol. The zero-order chi connectivity index (χ0) is 20.4. The lowest BCUT2D eigenvalue weighted by Crippen LogP contribution is -2.21. The van der Waals surface area contributed by atoms with Crippen LogP contribution in [-0.2, 0) is 4.79 Å². The second-order valence-corrected chi connectivity index (χ2v) is 7.30. The number of ether oxygens (including phenoxy) is 1. The third-order valence-corrected chi connectivity index (χ3v) is 4.97. The number of aromatic amines is 1. The maximum absolute atomic E-state index is 12.3. The number of anilines is 1. The Morgan fingerprint density at radius 1 is 1.10 bits per heavy atom. The number of carbonyl (C=O) groups excluding carboxylic acids is 1. The highest BCUT2D eigenvalue weighted by molar-refractivity contribution is 6.05. The smallest absolute Gasteiger partial charge is 0.225 e. The third kappa shape index (κ3) is 3.79. The van der Waals surface area contributed by atoms with Crippen LogP contribution in [0, 0.1) is 0 Å². The van der Waals surface area contributed by atoms with Crippen LogP contribution in [0.3, 0.4) is 0 Å². The molecular weight excluding hydrogens is 364 g/mol. The van der Waals surface area contributed by atoms with Crippen molar-refractivity contribution in [1.82, 2.24) is 15.1 Å². The monoisotopic (exact) mass is 388 g/mol. The predicted octanol–water partition coefficient (Wildman–Crippen LogP) is 4.28. The van der Waals surface area contributed by atoms with Crippen molar-refractivity contribution in [3.8, 4) is 17.0 Å². The van der Waals surface area contributed by atoms with E-state index in [0.29, 0.717) is 24.4 Å². The van der Waals surface area contributed by atoms with Gasteiger partial charge in [0.15, 0.2) is 5.75 Å². The summed E-state index contributed by atoms with van der Waals surface area (Å²) in [6.45, 7) is 0.685. The Hall–Kier alpha value is -3.38. The number of nitrogens with zero attached hydrogens (tertiary/aromatic N) is 2.